The van der Waals surface area contributed by atoms with Gasteiger partial charge in [0, 0.05) is 36.7 Å². The molecule has 2 rings (SSSR count). The Bertz CT molecular complexity index is 599. The van der Waals surface area contributed by atoms with E-state index in [1.54, 1.807) is 17.9 Å². The van der Waals surface area contributed by atoms with Crippen LogP contribution in [0.1, 0.15) is 28.8 Å². The van der Waals surface area contributed by atoms with Gasteiger partial charge in [-0.15, -0.1) is 0 Å². The fraction of sp³-hybridized carbons (Fsp3) is 0.429. The first-order valence-corrected chi connectivity index (χ1v) is 6.65. The predicted octanol–water partition coefficient (Wildman–Crippen LogP) is 1.84. The lowest BCUT2D eigenvalue weighted by atomic mass is 10.0. The second-order valence-corrected chi connectivity index (χ2v) is 5.21. The number of rotatable bonds is 4. The van der Waals surface area contributed by atoms with Gasteiger partial charge in [-0.3, -0.25) is 19.7 Å². The molecular formula is C14H16N2O5. The topological polar surface area (TPSA) is 101 Å². The molecule has 0 aliphatic carbocycles. The highest BCUT2D eigenvalue weighted by atomic mass is 16.6. The van der Waals surface area contributed by atoms with E-state index in [4.69, 9.17) is 5.11 Å². The number of hydrogen-bond donors (Lipinski definition) is 1. The Hall–Kier alpha value is -2.44. The Morgan fingerprint density at radius 1 is 1.48 bits per heavy atom. The van der Waals surface area contributed by atoms with E-state index in [0.29, 0.717) is 30.6 Å². The summed E-state index contributed by atoms with van der Waals surface area (Å²) in [4.78, 5) is 35.1. The van der Waals surface area contributed by atoms with Crippen molar-refractivity contribution in [2.24, 2.45) is 5.92 Å². The number of aliphatic carboxylic acids is 1. The molecular weight excluding hydrogens is 276 g/mol. The van der Waals surface area contributed by atoms with Gasteiger partial charge >= 0.3 is 5.97 Å². The van der Waals surface area contributed by atoms with Gasteiger partial charge in [-0.2, -0.15) is 0 Å². The highest BCUT2D eigenvalue weighted by Crippen LogP contribution is 2.26. The summed E-state index contributed by atoms with van der Waals surface area (Å²) in [6.07, 6.45) is 0.684. The number of carbonyl (C=O) groups excluding carboxylic acids is 1. The average Bonchev–Trinajstić information content (AvgIpc) is 2.85. The second kappa shape index (κ2) is 5.90. The Morgan fingerprint density at radius 2 is 2.19 bits per heavy atom. The van der Waals surface area contributed by atoms with Crippen LogP contribution in [0.15, 0.2) is 18.2 Å². The molecule has 0 saturated carbocycles. The molecule has 1 heterocycles. The van der Waals surface area contributed by atoms with E-state index >= 15 is 0 Å². The number of nitro groups is 1. The lowest BCUT2D eigenvalue weighted by Crippen LogP contribution is -2.29. The molecule has 7 nitrogen and oxygen atoms in total. The Labute approximate surface area is 121 Å². The molecule has 1 fully saturated rings. The van der Waals surface area contributed by atoms with Crippen LogP contribution in [-0.4, -0.2) is 39.9 Å². The van der Waals surface area contributed by atoms with Crippen LogP contribution in [0.5, 0.6) is 0 Å². The minimum Gasteiger partial charge on any atom is -0.481 e. The molecule has 1 aromatic carbocycles. The fourth-order valence-corrected chi connectivity index (χ4v) is 2.65. The third-order valence-electron chi connectivity index (χ3n) is 3.77. The van der Waals surface area contributed by atoms with Crippen molar-refractivity contribution in [1.29, 1.82) is 0 Å². The summed E-state index contributed by atoms with van der Waals surface area (Å²) in [5.74, 6) is -1.20. The zero-order chi connectivity index (χ0) is 15.6. The van der Waals surface area contributed by atoms with Crippen molar-refractivity contribution in [3.63, 3.8) is 0 Å². The molecule has 0 bridgehead atoms. The third-order valence-corrected chi connectivity index (χ3v) is 3.77. The summed E-state index contributed by atoms with van der Waals surface area (Å²) in [7, 11) is 0. The monoisotopic (exact) mass is 292 g/mol. The zero-order valence-electron chi connectivity index (χ0n) is 11.6. The summed E-state index contributed by atoms with van der Waals surface area (Å²) in [6.45, 7) is 2.42. The van der Waals surface area contributed by atoms with Crippen molar-refractivity contribution in [3.05, 3.63) is 39.4 Å². The van der Waals surface area contributed by atoms with Gasteiger partial charge in [0.05, 0.1) is 4.92 Å². The molecule has 1 saturated heterocycles. The van der Waals surface area contributed by atoms with E-state index in [0.717, 1.165) is 0 Å². The molecule has 0 spiro atoms. The summed E-state index contributed by atoms with van der Waals surface area (Å²) >= 11 is 0. The summed E-state index contributed by atoms with van der Waals surface area (Å²) < 4.78 is 0. The van der Waals surface area contributed by atoms with Crippen LogP contribution < -0.4 is 0 Å². The number of nitrogens with zero attached hydrogens (tertiary/aromatic N) is 2. The lowest BCUT2D eigenvalue weighted by Gasteiger charge is -2.17. The van der Waals surface area contributed by atoms with Gasteiger partial charge < -0.3 is 10.0 Å². The highest BCUT2D eigenvalue weighted by Gasteiger charge is 2.30. The molecule has 1 aliphatic rings. The SMILES string of the molecule is Cc1c(C(=O)N2CCC(CC(=O)O)C2)cccc1[N+](=O)[O-]. The molecule has 7 heteroatoms. The molecule has 1 N–H and O–H groups in total. The van der Waals surface area contributed by atoms with Gasteiger partial charge in [0.1, 0.15) is 0 Å². The first kappa shape index (κ1) is 15.0. The summed E-state index contributed by atoms with van der Waals surface area (Å²) in [5, 5.41) is 19.7. The van der Waals surface area contributed by atoms with E-state index in [9.17, 15) is 19.7 Å². The number of amides is 1. The molecule has 1 aromatic rings. The Balaban J connectivity index is 2.16. The normalized spacial score (nSPS) is 17.8. The summed E-state index contributed by atoms with van der Waals surface area (Å²) in [5.41, 5.74) is 0.566. The maximum absolute atomic E-state index is 12.4. The first-order chi connectivity index (χ1) is 9.90. The van der Waals surface area contributed by atoms with E-state index in [-0.39, 0.29) is 23.9 Å². The second-order valence-electron chi connectivity index (χ2n) is 5.21. The van der Waals surface area contributed by atoms with Gasteiger partial charge in [0.25, 0.3) is 11.6 Å². The molecule has 1 aliphatic heterocycles. The van der Waals surface area contributed by atoms with Crippen LogP contribution >= 0.6 is 0 Å². The van der Waals surface area contributed by atoms with Crippen LogP contribution in [0.25, 0.3) is 0 Å². The highest BCUT2D eigenvalue weighted by molar-refractivity contribution is 5.96. The number of carboxylic acids is 1. The molecule has 1 unspecified atom stereocenters. The van der Waals surface area contributed by atoms with Crippen LogP contribution in [0.3, 0.4) is 0 Å². The third kappa shape index (κ3) is 3.18. The lowest BCUT2D eigenvalue weighted by molar-refractivity contribution is -0.385. The smallest absolute Gasteiger partial charge is 0.303 e. The fourth-order valence-electron chi connectivity index (χ4n) is 2.65. The number of carboxylic acid groups (broad SMARTS) is 1. The van der Waals surface area contributed by atoms with Crippen molar-refractivity contribution in [1.82, 2.24) is 4.90 Å². The standard InChI is InChI=1S/C14H16N2O5/c1-9-11(3-2-4-12(9)16(20)21)14(19)15-6-5-10(8-15)7-13(17)18/h2-4,10H,5-8H2,1H3,(H,17,18). The summed E-state index contributed by atoms with van der Waals surface area (Å²) in [6, 6.07) is 4.42. The van der Waals surface area contributed by atoms with E-state index in [1.165, 1.54) is 12.1 Å². The molecule has 112 valence electrons. The van der Waals surface area contributed by atoms with E-state index < -0.39 is 10.9 Å². The van der Waals surface area contributed by atoms with Crippen molar-refractivity contribution in [3.8, 4) is 0 Å². The Morgan fingerprint density at radius 3 is 2.81 bits per heavy atom. The molecule has 21 heavy (non-hydrogen) atoms. The van der Waals surface area contributed by atoms with Crippen molar-refractivity contribution >= 4 is 17.6 Å². The maximum Gasteiger partial charge on any atom is 0.303 e. The van der Waals surface area contributed by atoms with Gasteiger partial charge in [-0.05, 0) is 25.3 Å². The van der Waals surface area contributed by atoms with Crippen LogP contribution in [0.2, 0.25) is 0 Å². The molecule has 1 amide bonds. The Kier molecular flexibility index (Phi) is 4.21. The number of carbonyl (C=O) groups is 2. The minimum atomic E-state index is -0.874. The number of nitro benzene ring substituents is 1. The average molecular weight is 292 g/mol. The van der Waals surface area contributed by atoms with Gasteiger partial charge in [-0.25, -0.2) is 0 Å². The van der Waals surface area contributed by atoms with E-state index in [1.807, 2.05) is 0 Å². The van der Waals surface area contributed by atoms with Crippen molar-refractivity contribution in [2.45, 2.75) is 19.8 Å². The van der Waals surface area contributed by atoms with Gasteiger partial charge in [0.2, 0.25) is 0 Å². The number of likely N-dealkylation sites (tertiary alicyclic amines) is 1. The number of hydrogen-bond acceptors (Lipinski definition) is 4. The van der Waals surface area contributed by atoms with Gasteiger partial charge in [0.15, 0.2) is 0 Å². The van der Waals surface area contributed by atoms with E-state index in [2.05, 4.69) is 0 Å². The first-order valence-electron chi connectivity index (χ1n) is 6.65. The number of benzene rings is 1. The largest absolute Gasteiger partial charge is 0.481 e. The van der Waals surface area contributed by atoms with Gasteiger partial charge in [-0.1, -0.05) is 6.07 Å². The predicted molar refractivity (Wildman–Crippen MR) is 74.1 cm³/mol. The molecule has 0 aromatic heterocycles. The molecule has 0 radical (unpaired) electrons. The van der Waals surface area contributed by atoms with Crippen LogP contribution in [0.4, 0.5) is 5.69 Å². The van der Waals surface area contributed by atoms with Crippen LogP contribution in [-0.2, 0) is 4.79 Å². The minimum absolute atomic E-state index is 0.0394. The van der Waals surface area contributed by atoms with Crippen LogP contribution in [0, 0.1) is 23.0 Å². The quantitative estimate of drug-likeness (QED) is 0.674. The molecule has 1 atom stereocenters. The zero-order valence-corrected chi connectivity index (χ0v) is 11.6. The maximum atomic E-state index is 12.4. The van der Waals surface area contributed by atoms with Crippen molar-refractivity contribution < 1.29 is 19.6 Å². The van der Waals surface area contributed by atoms with Crippen molar-refractivity contribution in [2.75, 3.05) is 13.1 Å².